The van der Waals surface area contributed by atoms with Gasteiger partial charge >= 0.3 is 0 Å². The number of fused-ring (bicyclic) bond motifs is 1. The van der Waals surface area contributed by atoms with E-state index in [1.807, 2.05) is 0 Å². The summed E-state index contributed by atoms with van der Waals surface area (Å²) >= 11 is 0. The number of hydrogen-bond acceptors (Lipinski definition) is 8. The van der Waals surface area contributed by atoms with E-state index in [0.717, 1.165) is 63.9 Å². The zero-order chi connectivity index (χ0) is 26.2. The van der Waals surface area contributed by atoms with E-state index in [0.29, 0.717) is 6.61 Å². The second-order valence-electron chi connectivity index (χ2n) is 10.9. The minimum Gasteiger partial charge on any atom is -0.363 e. The third-order valence-corrected chi connectivity index (χ3v) is 8.17. The van der Waals surface area contributed by atoms with Crippen molar-refractivity contribution < 1.29 is 42.4 Å². The van der Waals surface area contributed by atoms with Crippen LogP contribution in [0.5, 0.6) is 0 Å². The van der Waals surface area contributed by atoms with Crippen LogP contribution in [0.2, 0.25) is 0 Å². The van der Waals surface area contributed by atoms with Gasteiger partial charge in [-0.15, -0.1) is 0 Å². The molecule has 5 aliphatic rings. The summed E-state index contributed by atoms with van der Waals surface area (Å²) in [5, 5.41) is 0. The fourth-order valence-corrected chi connectivity index (χ4v) is 6.30. The van der Waals surface area contributed by atoms with E-state index in [2.05, 4.69) is 10.9 Å². The van der Waals surface area contributed by atoms with Gasteiger partial charge in [0.15, 0.2) is 17.9 Å². The predicted octanol–water partition coefficient (Wildman–Crippen LogP) is 2.85. The van der Waals surface area contributed by atoms with Crippen LogP contribution in [0.25, 0.3) is 0 Å². The molecule has 11 heteroatoms. The third-order valence-electron chi connectivity index (χ3n) is 8.17. The molecule has 1 aromatic rings. The van der Waals surface area contributed by atoms with Crippen LogP contribution in [0.3, 0.4) is 0 Å². The predicted molar refractivity (Wildman–Crippen MR) is 129 cm³/mol. The molecule has 2 amide bonds. The second kappa shape index (κ2) is 10.8. The van der Waals surface area contributed by atoms with Gasteiger partial charge in [-0.25, -0.2) is 4.39 Å². The molecule has 2 saturated carbocycles. The van der Waals surface area contributed by atoms with Gasteiger partial charge in [-0.05, 0) is 43.9 Å². The molecule has 2 aliphatic carbocycles. The topological polar surface area (TPSA) is 114 Å². The Bertz CT molecular complexity index is 1030. The Morgan fingerprint density at radius 2 is 1.66 bits per heavy atom. The Kier molecular flexibility index (Phi) is 7.41. The monoisotopic (exact) mass is 534 g/mol. The fraction of sp³-hybridized carbons (Fsp3) is 0.704. The van der Waals surface area contributed by atoms with Crippen LogP contribution < -0.4 is 10.9 Å². The van der Waals surface area contributed by atoms with Crippen molar-refractivity contribution in [3.63, 3.8) is 0 Å². The van der Waals surface area contributed by atoms with Crippen LogP contribution in [0.4, 0.5) is 4.39 Å². The number of ether oxygens (including phenoxy) is 6. The molecule has 5 unspecified atom stereocenters. The average Bonchev–Trinajstić information content (AvgIpc) is 3.58. The lowest BCUT2D eigenvalue weighted by Gasteiger charge is -2.35. The molecule has 10 nitrogen and oxygen atoms in total. The SMILES string of the molecule is O=C(COC1C(C2COC3(CCCCC3)O2)OC2OC3(CCCCC3)OC21)NNC(=O)c1cccc(F)c1. The van der Waals surface area contributed by atoms with E-state index >= 15 is 0 Å². The summed E-state index contributed by atoms with van der Waals surface area (Å²) in [6.45, 7) is 0.0112. The highest BCUT2D eigenvalue weighted by Crippen LogP contribution is 2.48. The summed E-state index contributed by atoms with van der Waals surface area (Å²) in [5.41, 5.74) is 4.69. The molecule has 5 fully saturated rings. The summed E-state index contributed by atoms with van der Waals surface area (Å²) in [7, 11) is 0. The summed E-state index contributed by atoms with van der Waals surface area (Å²) < 4.78 is 51.1. The molecule has 3 saturated heterocycles. The molecule has 0 radical (unpaired) electrons. The molecule has 2 spiro atoms. The van der Waals surface area contributed by atoms with Gasteiger partial charge in [0.1, 0.15) is 36.8 Å². The highest BCUT2D eigenvalue weighted by molar-refractivity contribution is 5.95. The van der Waals surface area contributed by atoms with E-state index in [1.165, 1.54) is 24.6 Å². The first-order valence-electron chi connectivity index (χ1n) is 13.7. The van der Waals surface area contributed by atoms with Gasteiger partial charge in [0.25, 0.3) is 11.8 Å². The number of carbonyl (C=O) groups is 2. The summed E-state index contributed by atoms with van der Waals surface area (Å²) in [6, 6.07) is 5.18. The fourth-order valence-electron chi connectivity index (χ4n) is 6.30. The standard InChI is InChI=1S/C27H35FN2O8/c28-18-9-7-8-17(14-18)24(32)30-29-20(31)16-33-22-21(19-15-34-26(36-19)10-3-1-4-11-26)35-25-23(22)37-27(38-25)12-5-2-6-13-27/h7-9,14,19,21-23,25H,1-6,10-13,15-16H2,(H,29,31)(H,30,32). The molecule has 0 aromatic heterocycles. The van der Waals surface area contributed by atoms with Crippen LogP contribution >= 0.6 is 0 Å². The minimum absolute atomic E-state index is 0.0858. The molecule has 1 aromatic carbocycles. The van der Waals surface area contributed by atoms with Crippen molar-refractivity contribution in [1.29, 1.82) is 0 Å². The third kappa shape index (κ3) is 5.32. The zero-order valence-corrected chi connectivity index (χ0v) is 21.3. The molecule has 2 N–H and O–H groups in total. The van der Waals surface area contributed by atoms with Crippen molar-refractivity contribution in [2.75, 3.05) is 13.2 Å². The number of carbonyl (C=O) groups excluding carboxylic acids is 2. The molecule has 6 rings (SSSR count). The maximum absolute atomic E-state index is 13.4. The van der Waals surface area contributed by atoms with Gasteiger partial charge < -0.3 is 28.4 Å². The maximum atomic E-state index is 13.4. The molecule has 0 bridgehead atoms. The first-order valence-corrected chi connectivity index (χ1v) is 13.7. The van der Waals surface area contributed by atoms with Gasteiger partial charge in [0.05, 0.1) is 6.61 Å². The van der Waals surface area contributed by atoms with Crippen molar-refractivity contribution in [2.24, 2.45) is 0 Å². The second-order valence-corrected chi connectivity index (χ2v) is 10.9. The number of nitrogens with one attached hydrogen (secondary N) is 2. The van der Waals surface area contributed by atoms with Gasteiger partial charge in [-0.2, -0.15) is 0 Å². The number of hydrogen-bond donors (Lipinski definition) is 2. The van der Waals surface area contributed by atoms with Crippen molar-refractivity contribution in [3.05, 3.63) is 35.6 Å². The lowest BCUT2D eigenvalue weighted by molar-refractivity contribution is -0.262. The number of amides is 2. The Balaban J connectivity index is 1.09. The van der Waals surface area contributed by atoms with Crippen molar-refractivity contribution in [1.82, 2.24) is 10.9 Å². The van der Waals surface area contributed by atoms with E-state index in [9.17, 15) is 14.0 Å². The van der Waals surface area contributed by atoms with Crippen LogP contribution in [0, 0.1) is 5.82 Å². The zero-order valence-electron chi connectivity index (χ0n) is 21.3. The molecule has 5 atom stereocenters. The highest BCUT2D eigenvalue weighted by Gasteiger charge is 2.61. The lowest BCUT2D eigenvalue weighted by atomic mass is 9.94. The Hall–Kier alpha value is -2.15. The number of hydrazine groups is 1. The molecule has 3 aliphatic heterocycles. The van der Waals surface area contributed by atoms with E-state index in [-0.39, 0.29) is 18.3 Å². The Morgan fingerprint density at radius 1 is 0.921 bits per heavy atom. The largest absolute Gasteiger partial charge is 0.363 e. The van der Waals surface area contributed by atoms with Crippen molar-refractivity contribution >= 4 is 11.8 Å². The van der Waals surface area contributed by atoms with E-state index in [1.54, 1.807) is 0 Å². The minimum atomic E-state index is -0.682. The quantitative estimate of drug-likeness (QED) is 0.555. The maximum Gasteiger partial charge on any atom is 0.269 e. The molecule has 38 heavy (non-hydrogen) atoms. The first-order chi connectivity index (χ1) is 18.4. The van der Waals surface area contributed by atoms with Gasteiger partial charge in [-0.3, -0.25) is 20.4 Å². The molecule has 208 valence electrons. The van der Waals surface area contributed by atoms with Crippen molar-refractivity contribution in [2.45, 2.75) is 106 Å². The van der Waals surface area contributed by atoms with Crippen LogP contribution in [-0.4, -0.2) is 67.3 Å². The summed E-state index contributed by atoms with van der Waals surface area (Å²) in [4.78, 5) is 24.8. The number of halogens is 1. The van der Waals surface area contributed by atoms with E-state index < -0.39 is 53.8 Å². The summed E-state index contributed by atoms with van der Waals surface area (Å²) in [5.74, 6) is -3.02. The highest BCUT2D eigenvalue weighted by atomic mass is 19.1. The van der Waals surface area contributed by atoms with Gasteiger partial charge in [0.2, 0.25) is 0 Å². The normalized spacial score (nSPS) is 33.3. The summed E-state index contributed by atoms with van der Waals surface area (Å²) in [6.07, 6.45) is 7.05. The van der Waals surface area contributed by atoms with Crippen molar-refractivity contribution in [3.8, 4) is 0 Å². The van der Waals surface area contributed by atoms with Gasteiger partial charge in [0, 0.05) is 31.2 Å². The lowest BCUT2D eigenvalue weighted by Crippen LogP contribution is -2.48. The Labute approximate surface area is 220 Å². The first kappa shape index (κ1) is 26.1. The van der Waals surface area contributed by atoms with Gasteiger partial charge in [-0.1, -0.05) is 18.9 Å². The average molecular weight is 535 g/mol. The Morgan fingerprint density at radius 3 is 2.39 bits per heavy atom. The molecular formula is C27H35FN2O8. The smallest absolute Gasteiger partial charge is 0.269 e. The molecular weight excluding hydrogens is 499 g/mol. The van der Waals surface area contributed by atoms with Crippen LogP contribution in [0.1, 0.15) is 74.6 Å². The molecule has 3 heterocycles. The van der Waals surface area contributed by atoms with Crippen LogP contribution in [-0.2, 0) is 33.2 Å². The van der Waals surface area contributed by atoms with E-state index in [4.69, 9.17) is 28.4 Å². The number of benzene rings is 1. The number of rotatable bonds is 5. The van der Waals surface area contributed by atoms with Crippen LogP contribution in [0.15, 0.2) is 24.3 Å².